The SMILES string of the molecule is CN1C[C@@H]2C(c3nnnn3C)[C@@H]2C1. The maximum atomic E-state index is 4.07. The van der Waals surface area contributed by atoms with Crippen LogP contribution in [0.1, 0.15) is 11.7 Å². The highest BCUT2D eigenvalue weighted by Crippen LogP contribution is 2.56. The van der Waals surface area contributed by atoms with Crippen LogP contribution in [0.3, 0.4) is 0 Å². The van der Waals surface area contributed by atoms with Gasteiger partial charge < -0.3 is 4.90 Å². The largest absolute Gasteiger partial charge is 0.306 e. The Morgan fingerprint density at radius 2 is 1.92 bits per heavy atom. The molecule has 3 atom stereocenters. The van der Waals surface area contributed by atoms with Gasteiger partial charge in [0.25, 0.3) is 0 Å². The van der Waals surface area contributed by atoms with E-state index in [-0.39, 0.29) is 0 Å². The van der Waals surface area contributed by atoms with Crippen molar-refractivity contribution in [2.75, 3.05) is 20.1 Å². The number of aryl methyl sites for hydroxylation is 1. The number of nitrogens with zero attached hydrogens (tertiary/aromatic N) is 5. The summed E-state index contributed by atoms with van der Waals surface area (Å²) in [6.45, 7) is 2.42. The van der Waals surface area contributed by atoms with Crippen LogP contribution in [0.15, 0.2) is 0 Å². The quantitative estimate of drug-likeness (QED) is 0.582. The molecule has 1 aromatic rings. The first kappa shape index (κ1) is 7.44. The molecule has 1 saturated carbocycles. The Morgan fingerprint density at radius 1 is 1.23 bits per heavy atom. The van der Waals surface area contributed by atoms with E-state index < -0.39 is 0 Å². The van der Waals surface area contributed by atoms with Crippen LogP contribution in [0, 0.1) is 11.8 Å². The van der Waals surface area contributed by atoms with Gasteiger partial charge >= 0.3 is 0 Å². The zero-order valence-electron chi connectivity index (χ0n) is 7.88. The number of tetrazole rings is 1. The lowest BCUT2D eigenvalue weighted by atomic mass is 10.2. The van der Waals surface area contributed by atoms with Crippen LogP contribution in [-0.2, 0) is 7.05 Å². The molecular formula is C8H13N5. The lowest BCUT2D eigenvalue weighted by molar-refractivity contribution is 0.358. The maximum Gasteiger partial charge on any atom is 0.154 e. The van der Waals surface area contributed by atoms with Crippen LogP contribution in [0.5, 0.6) is 0 Å². The molecule has 1 aromatic heterocycles. The van der Waals surface area contributed by atoms with Crippen molar-refractivity contribution in [3.63, 3.8) is 0 Å². The zero-order valence-corrected chi connectivity index (χ0v) is 7.88. The van der Waals surface area contributed by atoms with Crippen LogP contribution in [0.2, 0.25) is 0 Å². The van der Waals surface area contributed by atoms with Crippen LogP contribution in [-0.4, -0.2) is 45.2 Å². The van der Waals surface area contributed by atoms with Gasteiger partial charge in [-0.3, -0.25) is 0 Å². The van der Waals surface area contributed by atoms with E-state index in [9.17, 15) is 0 Å². The molecule has 1 aliphatic heterocycles. The minimum absolute atomic E-state index is 0.635. The van der Waals surface area contributed by atoms with Crippen molar-refractivity contribution < 1.29 is 0 Å². The molecule has 0 spiro atoms. The maximum absolute atomic E-state index is 4.07. The summed E-state index contributed by atoms with van der Waals surface area (Å²) < 4.78 is 1.81. The van der Waals surface area contributed by atoms with Gasteiger partial charge in [0.15, 0.2) is 5.82 Å². The Balaban J connectivity index is 1.82. The summed E-state index contributed by atoms with van der Waals surface area (Å²) in [6.07, 6.45) is 0. The molecule has 3 rings (SSSR count). The van der Waals surface area contributed by atoms with Crippen molar-refractivity contribution in [3.8, 4) is 0 Å². The van der Waals surface area contributed by atoms with E-state index in [2.05, 4.69) is 27.5 Å². The first-order valence-corrected chi connectivity index (χ1v) is 4.68. The second-order valence-corrected chi connectivity index (χ2v) is 4.24. The molecule has 5 heteroatoms. The number of hydrogen-bond acceptors (Lipinski definition) is 4. The zero-order chi connectivity index (χ0) is 9.00. The number of aromatic nitrogens is 4. The average Bonchev–Trinajstić information content (AvgIpc) is 2.50. The predicted octanol–water partition coefficient (Wildman–Crippen LogP) is -0.515. The number of fused-ring (bicyclic) bond motifs is 1. The molecule has 1 unspecified atom stereocenters. The van der Waals surface area contributed by atoms with E-state index in [4.69, 9.17) is 0 Å². The van der Waals surface area contributed by atoms with Crippen molar-refractivity contribution in [2.45, 2.75) is 5.92 Å². The molecule has 0 bridgehead atoms. The third-order valence-electron chi connectivity index (χ3n) is 3.33. The smallest absolute Gasteiger partial charge is 0.154 e. The van der Waals surface area contributed by atoms with Gasteiger partial charge in [-0.05, 0) is 29.3 Å². The second kappa shape index (κ2) is 2.29. The molecule has 0 N–H and O–H groups in total. The number of hydrogen-bond donors (Lipinski definition) is 0. The van der Waals surface area contributed by atoms with Gasteiger partial charge in [-0.15, -0.1) is 5.10 Å². The molecule has 70 valence electrons. The van der Waals surface area contributed by atoms with Gasteiger partial charge in [-0.2, -0.15) is 0 Å². The number of likely N-dealkylation sites (tertiary alicyclic amines) is 1. The summed E-state index contributed by atoms with van der Waals surface area (Å²) in [6, 6.07) is 0. The van der Waals surface area contributed by atoms with Gasteiger partial charge in [0, 0.05) is 26.1 Å². The highest BCUT2D eigenvalue weighted by molar-refractivity contribution is 5.18. The Labute approximate surface area is 76.7 Å². The monoisotopic (exact) mass is 179 g/mol. The van der Waals surface area contributed by atoms with Crippen LogP contribution in [0.4, 0.5) is 0 Å². The fourth-order valence-electron chi connectivity index (χ4n) is 2.64. The summed E-state index contributed by atoms with van der Waals surface area (Å²) in [5.74, 6) is 3.34. The Hall–Kier alpha value is -0.970. The molecule has 1 saturated heterocycles. The minimum atomic E-state index is 0.635. The molecule has 0 radical (unpaired) electrons. The van der Waals surface area contributed by atoms with Crippen molar-refractivity contribution >= 4 is 0 Å². The van der Waals surface area contributed by atoms with Gasteiger partial charge in [-0.1, -0.05) is 0 Å². The van der Waals surface area contributed by atoms with E-state index in [0.29, 0.717) is 5.92 Å². The molecule has 2 aliphatic rings. The fraction of sp³-hybridized carbons (Fsp3) is 0.875. The van der Waals surface area contributed by atoms with Gasteiger partial charge in [0.05, 0.1) is 0 Å². The van der Waals surface area contributed by atoms with Gasteiger partial charge in [0.2, 0.25) is 0 Å². The number of piperidine rings is 1. The Morgan fingerprint density at radius 3 is 2.46 bits per heavy atom. The Kier molecular flexibility index (Phi) is 1.31. The van der Waals surface area contributed by atoms with E-state index in [1.54, 1.807) is 0 Å². The molecule has 0 amide bonds. The number of rotatable bonds is 1. The summed E-state index contributed by atoms with van der Waals surface area (Å²) in [5.41, 5.74) is 0. The van der Waals surface area contributed by atoms with Gasteiger partial charge in [-0.25, -0.2) is 4.68 Å². The third-order valence-corrected chi connectivity index (χ3v) is 3.33. The van der Waals surface area contributed by atoms with E-state index in [1.807, 2.05) is 11.7 Å². The van der Waals surface area contributed by atoms with E-state index >= 15 is 0 Å². The molecule has 2 heterocycles. The van der Waals surface area contributed by atoms with Crippen molar-refractivity contribution in [3.05, 3.63) is 5.82 Å². The summed E-state index contributed by atoms with van der Waals surface area (Å²) in [4.78, 5) is 2.38. The molecule has 5 nitrogen and oxygen atoms in total. The highest BCUT2D eigenvalue weighted by atomic mass is 15.5. The van der Waals surface area contributed by atoms with Gasteiger partial charge in [0.1, 0.15) is 0 Å². The molecule has 0 aromatic carbocycles. The molecular weight excluding hydrogens is 166 g/mol. The van der Waals surface area contributed by atoms with Crippen molar-refractivity contribution in [1.82, 2.24) is 25.1 Å². The van der Waals surface area contributed by atoms with E-state index in [1.165, 1.54) is 13.1 Å². The fourth-order valence-corrected chi connectivity index (χ4v) is 2.64. The predicted molar refractivity (Wildman–Crippen MR) is 46.0 cm³/mol. The molecule has 2 fully saturated rings. The van der Waals surface area contributed by atoms with Crippen molar-refractivity contribution in [1.29, 1.82) is 0 Å². The van der Waals surface area contributed by atoms with Crippen LogP contribution < -0.4 is 0 Å². The average molecular weight is 179 g/mol. The summed E-state index contributed by atoms with van der Waals surface area (Å²) >= 11 is 0. The van der Waals surface area contributed by atoms with E-state index in [0.717, 1.165) is 17.7 Å². The highest BCUT2D eigenvalue weighted by Gasteiger charge is 2.57. The normalized spacial score (nSPS) is 37.8. The third kappa shape index (κ3) is 0.934. The second-order valence-electron chi connectivity index (χ2n) is 4.24. The van der Waals surface area contributed by atoms with Crippen LogP contribution in [0.25, 0.3) is 0 Å². The summed E-state index contributed by atoms with van der Waals surface area (Å²) in [5, 5.41) is 11.6. The first-order chi connectivity index (χ1) is 6.27. The standard InChI is InChI=1S/C8H13N5/c1-12-3-5-6(4-12)7(5)8-9-10-11-13(8)2/h5-7H,3-4H2,1-2H3/t5-,6+,7?. The topological polar surface area (TPSA) is 46.8 Å². The Bertz CT molecular complexity index is 321. The minimum Gasteiger partial charge on any atom is -0.306 e. The first-order valence-electron chi connectivity index (χ1n) is 4.68. The lowest BCUT2D eigenvalue weighted by Gasteiger charge is -2.11. The molecule has 13 heavy (non-hydrogen) atoms. The van der Waals surface area contributed by atoms with Crippen molar-refractivity contribution in [2.24, 2.45) is 18.9 Å². The molecule has 1 aliphatic carbocycles. The summed E-state index contributed by atoms with van der Waals surface area (Å²) in [7, 11) is 4.10. The van der Waals surface area contributed by atoms with Crippen LogP contribution >= 0.6 is 0 Å². The lowest BCUT2D eigenvalue weighted by Crippen LogP contribution is -2.19.